The molecule has 2 aliphatic rings. The Kier molecular flexibility index (Phi) is 3.68. The summed E-state index contributed by atoms with van der Waals surface area (Å²) in [4.78, 5) is 22.8. The molecule has 0 aromatic heterocycles. The van der Waals surface area contributed by atoms with Crippen LogP contribution in [0.4, 0.5) is 5.69 Å². The fourth-order valence-corrected chi connectivity index (χ4v) is 3.98. The van der Waals surface area contributed by atoms with E-state index in [1.165, 1.54) is 5.56 Å². The van der Waals surface area contributed by atoms with Crippen molar-refractivity contribution < 1.29 is 14.7 Å². The van der Waals surface area contributed by atoms with Gasteiger partial charge in [-0.15, -0.1) is 0 Å². The monoisotopic (exact) mass is 333 g/mol. The van der Waals surface area contributed by atoms with Crippen LogP contribution in [0.5, 0.6) is 0 Å². The first-order valence-electron chi connectivity index (χ1n) is 8.46. The van der Waals surface area contributed by atoms with E-state index in [1.54, 1.807) is 19.1 Å². The van der Waals surface area contributed by atoms with Crippen LogP contribution in [-0.4, -0.2) is 16.9 Å². The number of carbonyl (C=O) groups is 2. The second-order valence-corrected chi connectivity index (χ2v) is 6.76. The van der Waals surface area contributed by atoms with Gasteiger partial charge in [0.2, 0.25) is 0 Å². The maximum absolute atomic E-state index is 11.7. The van der Waals surface area contributed by atoms with Crippen molar-refractivity contribution in [1.29, 1.82) is 0 Å². The average molecular weight is 333 g/mol. The van der Waals surface area contributed by atoms with Gasteiger partial charge >= 0.3 is 5.97 Å². The Hall–Kier alpha value is -2.88. The molecule has 2 aromatic rings. The number of allylic oxidation sites excluding steroid dienone is 2. The SMILES string of the molecule is CC(=O)c1ccc2c(c1)[C@H]1C=CC[C@@H]1[C@@H](c1ccc(C(=O)O)cc1)N2. The third-order valence-corrected chi connectivity index (χ3v) is 5.29. The molecule has 2 N–H and O–H groups in total. The minimum atomic E-state index is -0.911. The number of carbonyl (C=O) groups excluding carboxylic acids is 1. The van der Waals surface area contributed by atoms with E-state index in [-0.39, 0.29) is 17.7 Å². The lowest BCUT2D eigenvalue weighted by Gasteiger charge is -2.37. The van der Waals surface area contributed by atoms with E-state index in [0.29, 0.717) is 11.5 Å². The van der Waals surface area contributed by atoms with Crippen LogP contribution in [0.3, 0.4) is 0 Å². The summed E-state index contributed by atoms with van der Waals surface area (Å²) in [6.45, 7) is 1.59. The first kappa shape index (κ1) is 15.6. The molecule has 4 heteroatoms. The van der Waals surface area contributed by atoms with Crippen LogP contribution in [0.25, 0.3) is 0 Å². The maximum Gasteiger partial charge on any atom is 0.335 e. The second kappa shape index (κ2) is 5.88. The van der Waals surface area contributed by atoms with Gasteiger partial charge in [-0.1, -0.05) is 24.3 Å². The molecule has 0 radical (unpaired) electrons. The van der Waals surface area contributed by atoms with E-state index in [9.17, 15) is 9.59 Å². The van der Waals surface area contributed by atoms with Crippen molar-refractivity contribution in [3.63, 3.8) is 0 Å². The highest BCUT2D eigenvalue weighted by atomic mass is 16.4. The van der Waals surface area contributed by atoms with Crippen LogP contribution in [0.2, 0.25) is 0 Å². The number of hydrogen-bond acceptors (Lipinski definition) is 3. The minimum Gasteiger partial charge on any atom is -0.478 e. The standard InChI is InChI=1S/C21H19NO3/c1-12(23)15-9-10-19-18(11-15)16-3-2-4-17(16)20(22-19)13-5-7-14(8-6-13)21(24)25/h2-3,5-11,16-17,20,22H,4H2,1H3,(H,24,25)/t16-,17-,20+/m0/s1. The average Bonchev–Trinajstić information content (AvgIpc) is 3.10. The molecule has 0 amide bonds. The molecule has 0 saturated carbocycles. The summed E-state index contributed by atoms with van der Waals surface area (Å²) in [5.41, 5.74) is 4.34. The molecule has 0 fully saturated rings. The number of carboxylic acids is 1. The van der Waals surface area contributed by atoms with Gasteiger partial charge in [0.05, 0.1) is 11.6 Å². The highest BCUT2D eigenvalue weighted by Gasteiger charge is 2.38. The fraction of sp³-hybridized carbons (Fsp3) is 0.238. The van der Waals surface area contributed by atoms with Crippen LogP contribution < -0.4 is 5.32 Å². The molecule has 0 unspecified atom stereocenters. The molecule has 1 aliphatic carbocycles. The zero-order valence-corrected chi connectivity index (χ0v) is 13.9. The first-order valence-corrected chi connectivity index (χ1v) is 8.46. The van der Waals surface area contributed by atoms with Crippen molar-refractivity contribution in [2.75, 3.05) is 5.32 Å². The van der Waals surface area contributed by atoms with Gasteiger partial charge in [0.1, 0.15) is 0 Å². The zero-order chi connectivity index (χ0) is 17.6. The number of nitrogens with one attached hydrogen (secondary N) is 1. The van der Waals surface area contributed by atoms with E-state index in [2.05, 4.69) is 17.5 Å². The lowest BCUT2D eigenvalue weighted by atomic mass is 9.76. The molecule has 25 heavy (non-hydrogen) atoms. The Labute approximate surface area is 146 Å². The highest BCUT2D eigenvalue weighted by molar-refractivity contribution is 5.95. The molecule has 0 saturated heterocycles. The Bertz CT molecular complexity index is 883. The van der Waals surface area contributed by atoms with Crippen molar-refractivity contribution in [3.8, 4) is 0 Å². The van der Waals surface area contributed by atoms with Gasteiger partial charge in [0.25, 0.3) is 0 Å². The number of fused-ring (bicyclic) bond motifs is 3. The van der Waals surface area contributed by atoms with Gasteiger partial charge in [-0.05, 0) is 60.7 Å². The Balaban J connectivity index is 1.72. The molecule has 1 aliphatic heterocycles. The van der Waals surface area contributed by atoms with Gasteiger partial charge < -0.3 is 10.4 Å². The number of benzene rings is 2. The summed E-state index contributed by atoms with van der Waals surface area (Å²) in [6, 6.07) is 13.1. The van der Waals surface area contributed by atoms with E-state index < -0.39 is 5.97 Å². The Morgan fingerprint density at radius 1 is 1.08 bits per heavy atom. The minimum absolute atomic E-state index is 0.0766. The van der Waals surface area contributed by atoms with E-state index in [1.807, 2.05) is 30.3 Å². The van der Waals surface area contributed by atoms with Gasteiger partial charge in [-0.25, -0.2) is 4.79 Å². The quantitative estimate of drug-likeness (QED) is 0.645. The second-order valence-electron chi connectivity index (χ2n) is 6.76. The van der Waals surface area contributed by atoms with Gasteiger partial charge in [0, 0.05) is 17.2 Å². The van der Waals surface area contributed by atoms with Crippen LogP contribution in [-0.2, 0) is 0 Å². The number of rotatable bonds is 3. The highest BCUT2D eigenvalue weighted by Crippen LogP contribution is 2.49. The van der Waals surface area contributed by atoms with Crippen LogP contribution in [0.15, 0.2) is 54.6 Å². The molecule has 1 heterocycles. The topological polar surface area (TPSA) is 66.4 Å². The number of ketones is 1. The van der Waals surface area contributed by atoms with Crippen molar-refractivity contribution in [3.05, 3.63) is 76.9 Å². The molecule has 0 bridgehead atoms. The summed E-state index contributed by atoms with van der Waals surface area (Å²) in [5.74, 6) is -0.191. The van der Waals surface area contributed by atoms with Crippen molar-refractivity contribution in [2.24, 2.45) is 5.92 Å². The maximum atomic E-state index is 11.7. The number of Topliss-reactive ketones (excluding diaryl/α,β-unsaturated/α-hetero) is 1. The Morgan fingerprint density at radius 2 is 1.80 bits per heavy atom. The van der Waals surface area contributed by atoms with Crippen molar-refractivity contribution >= 4 is 17.4 Å². The lowest BCUT2D eigenvalue weighted by molar-refractivity contribution is 0.0696. The van der Waals surface area contributed by atoms with Crippen molar-refractivity contribution in [2.45, 2.75) is 25.3 Å². The fourth-order valence-electron chi connectivity index (χ4n) is 3.98. The largest absolute Gasteiger partial charge is 0.478 e. The van der Waals surface area contributed by atoms with Gasteiger partial charge in [0.15, 0.2) is 5.78 Å². The smallest absolute Gasteiger partial charge is 0.335 e. The van der Waals surface area contributed by atoms with Crippen LogP contribution >= 0.6 is 0 Å². The third-order valence-electron chi connectivity index (χ3n) is 5.29. The predicted octanol–water partition coefficient (Wildman–Crippen LogP) is 4.41. The molecular formula is C21H19NO3. The van der Waals surface area contributed by atoms with E-state index >= 15 is 0 Å². The summed E-state index contributed by atoms with van der Waals surface area (Å²) in [6.07, 6.45) is 5.39. The molecule has 126 valence electrons. The molecule has 3 atom stereocenters. The zero-order valence-electron chi connectivity index (χ0n) is 13.9. The molecule has 2 aromatic carbocycles. The summed E-state index contributed by atoms with van der Waals surface area (Å²) >= 11 is 0. The number of carboxylic acid groups (broad SMARTS) is 1. The summed E-state index contributed by atoms with van der Waals surface area (Å²) in [7, 11) is 0. The van der Waals surface area contributed by atoms with E-state index in [4.69, 9.17) is 5.11 Å². The summed E-state index contributed by atoms with van der Waals surface area (Å²) in [5, 5.41) is 12.7. The molecule has 4 rings (SSSR count). The predicted molar refractivity (Wildman–Crippen MR) is 96.2 cm³/mol. The molecular weight excluding hydrogens is 314 g/mol. The number of anilines is 1. The van der Waals surface area contributed by atoms with Crippen LogP contribution in [0, 0.1) is 5.92 Å². The molecule has 0 spiro atoms. The molecule has 4 nitrogen and oxygen atoms in total. The first-order chi connectivity index (χ1) is 12.0. The summed E-state index contributed by atoms with van der Waals surface area (Å²) < 4.78 is 0. The lowest BCUT2D eigenvalue weighted by Crippen LogP contribution is -2.29. The number of hydrogen-bond donors (Lipinski definition) is 2. The number of aromatic carboxylic acids is 1. The third kappa shape index (κ3) is 2.64. The van der Waals surface area contributed by atoms with Gasteiger partial charge in [-0.2, -0.15) is 0 Å². The van der Waals surface area contributed by atoms with Crippen LogP contribution in [0.1, 0.15) is 57.1 Å². The van der Waals surface area contributed by atoms with E-state index in [0.717, 1.165) is 23.2 Å². The van der Waals surface area contributed by atoms with Gasteiger partial charge in [-0.3, -0.25) is 4.79 Å². The normalized spacial score (nSPS) is 23.5. The van der Waals surface area contributed by atoms with Crippen molar-refractivity contribution in [1.82, 2.24) is 0 Å². The Morgan fingerprint density at radius 3 is 2.48 bits per heavy atom.